The molecule has 4 fully saturated rings. The Morgan fingerprint density at radius 2 is 2.00 bits per heavy atom. The minimum Gasteiger partial charge on any atom is -0.463 e. The number of hydrogen-bond donors (Lipinski definition) is 1. The molecule has 0 aromatic heterocycles. The van der Waals surface area contributed by atoms with Crippen molar-refractivity contribution in [1.82, 2.24) is 0 Å². The number of carbonyl (C=O) groups excluding carboxylic acids is 1. The van der Waals surface area contributed by atoms with Gasteiger partial charge in [0.25, 0.3) is 0 Å². The van der Waals surface area contributed by atoms with Crippen LogP contribution in [0.5, 0.6) is 0 Å². The van der Waals surface area contributed by atoms with Crippen LogP contribution in [0.4, 0.5) is 0 Å². The highest BCUT2D eigenvalue weighted by Crippen LogP contribution is 2.78. The zero-order valence-electron chi connectivity index (χ0n) is 22.3. The molecule has 194 valence electrons. The van der Waals surface area contributed by atoms with Gasteiger partial charge in [0.2, 0.25) is 11.4 Å². The predicted molar refractivity (Wildman–Crippen MR) is 137 cm³/mol. The third-order valence-electron chi connectivity index (χ3n) is 10.4. The first-order valence-corrected chi connectivity index (χ1v) is 13.7. The van der Waals surface area contributed by atoms with Crippen LogP contribution >= 0.6 is 0 Å². The monoisotopic (exact) mass is 492 g/mol. The number of carbonyl (C=O) groups is 1. The van der Waals surface area contributed by atoms with E-state index in [-0.39, 0.29) is 24.4 Å². The van der Waals surface area contributed by atoms with Gasteiger partial charge in [-0.25, -0.2) is 4.79 Å². The third-order valence-corrected chi connectivity index (χ3v) is 10.4. The molecule has 3 saturated heterocycles. The number of fused-ring (bicyclic) bond motifs is 5. The summed E-state index contributed by atoms with van der Waals surface area (Å²) >= 11 is 0. The third kappa shape index (κ3) is 2.80. The van der Waals surface area contributed by atoms with Crippen LogP contribution < -0.4 is 0 Å². The van der Waals surface area contributed by atoms with E-state index in [0.717, 1.165) is 24.8 Å². The average molecular weight is 493 g/mol. The van der Waals surface area contributed by atoms with Crippen LogP contribution in [0.3, 0.4) is 0 Å². The molecule has 0 radical (unpaired) electrons. The SMILES string of the molecule is CC(C)=CCC[C@@H](C)[C@@H]1CC=C(C)[C@@H]2[C@H]1[C@@H]1[C@@]2(c2ccccc2)O[C@@]23C(=O)OC[C@]2(C)CCO[C@@]13O. The summed E-state index contributed by atoms with van der Waals surface area (Å²) in [6.07, 6.45) is 8.45. The van der Waals surface area contributed by atoms with Gasteiger partial charge < -0.3 is 19.3 Å². The lowest BCUT2D eigenvalue weighted by Crippen LogP contribution is -2.72. The van der Waals surface area contributed by atoms with Gasteiger partial charge in [-0.05, 0) is 69.8 Å². The summed E-state index contributed by atoms with van der Waals surface area (Å²) in [7, 11) is 0. The fraction of sp³-hybridized carbons (Fsp3) is 0.645. The predicted octanol–water partition coefficient (Wildman–Crippen LogP) is 5.53. The number of rotatable bonds is 5. The van der Waals surface area contributed by atoms with Crippen molar-refractivity contribution in [2.45, 2.75) is 77.3 Å². The first-order valence-electron chi connectivity index (χ1n) is 13.7. The molecule has 2 aliphatic carbocycles. The second-order valence-electron chi connectivity index (χ2n) is 12.6. The summed E-state index contributed by atoms with van der Waals surface area (Å²) in [6.45, 7) is 11.5. The molecule has 1 aromatic rings. The maximum atomic E-state index is 13.6. The Bertz CT molecular complexity index is 1120. The van der Waals surface area contributed by atoms with E-state index < -0.39 is 28.4 Å². The maximum Gasteiger partial charge on any atom is 0.344 e. The minimum absolute atomic E-state index is 0.0832. The molecule has 9 atom stereocenters. The Labute approximate surface area is 214 Å². The van der Waals surface area contributed by atoms with Crippen molar-refractivity contribution in [3.8, 4) is 0 Å². The van der Waals surface area contributed by atoms with Crippen LogP contribution in [-0.4, -0.2) is 35.7 Å². The summed E-state index contributed by atoms with van der Waals surface area (Å²) in [5.74, 6) is -1.44. The number of aliphatic hydroxyl groups is 1. The topological polar surface area (TPSA) is 65.0 Å². The summed E-state index contributed by atoms with van der Waals surface area (Å²) < 4.78 is 19.2. The number of esters is 1. The molecule has 0 unspecified atom stereocenters. The average Bonchev–Trinajstić information content (AvgIpc) is 3.21. The molecule has 1 aromatic carbocycles. The van der Waals surface area contributed by atoms with Crippen LogP contribution in [0.1, 0.15) is 65.9 Å². The van der Waals surface area contributed by atoms with E-state index >= 15 is 0 Å². The van der Waals surface area contributed by atoms with E-state index in [1.165, 1.54) is 11.1 Å². The number of allylic oxidation sites excluding steroid dienone is 3. The summed E-state index contributed by atoms with van der Waals surface area (Å²) in [4.78, 5) is 13.6. The molecule has 5 heteroatoms. The first kappa shape index (κ1) is 24.4. The normalized spacial score (nSPS) is 45.3. The summed E-state index contributed by atoms with van der Waals surface area (Å²) in [5.41, 5.74) is 0.674. The van der Waals surface area contributed by atoms with E-state index in [0.29, 0.717) is 24.9 Å². The van der Waals surface area contributed by atoms with Crippen molar-refractivity contribution in [3.05, 3.63) is 59.2 Å². The standard InChI is InChI=1S/C31H40O5/c1-19(2)10-9-11-20(3)23-15-14-21(4)25-24(23)26-29(25,22-12-7-6-8-13-22)36-30-27(32)34-18-28(30,5)16-17-35-31(26,30)33/h6-8,10,12-14,20,23-26,33H,9,11,15-18H2,1-5H3/t20-,23+,24+,25-,26-,28+,29+,30+,31+/m1/s1. The molecule has 0 bridgehead atoms. The Morgan fingerprint density at radius 1 is 1.25 bits per heavy atom. The van der Waals surface area contributed by atoms with Gasteiger partial charge in [-0.3, -0.25) is 0 Å². The van der Waals surface area contributed by atoms with Gasteiger partial charge in [0.1, 0.15) is 12.2 Å². The van der Waals surface area contributed by atoms with Crippen molar-refractivity contribution < 1.29 is 24.1 Å². The number of ether oxygens (including phenoxy) is 3. The van der Waals surface area contributed by atoms with Crippen LogP contribution in [-0.2, 0) is 24.6 Å². The van der Waals surface area contributed by atoms with Gasteiger partial charge in [-0.1, -0.05) is 67.5 Å². The first-order chi connectivity index (χ1) is 17.1. The van der Waals surface area contributed by atoms with Gasteiger partial charge in [-0.15, -0.1) is 0 Å². The van der Waals surface area contributed by atoms with Gasteiger partial charge in [0.15, 0.2) is 0 Å². The van der Waals surface area contributed by atoms with Gasteiger partial charge in [0, 0.05) is 11.3 Å². The molecule has 1 spiro atoms. The van der Waals surface area contributed by atoms with E-state index in [2.05, 4.69) is 52.0 Å². The highest BCUT2D eigenvalue weighted by molar-refractivity contribution is 5.86. The summed E-state index contributed by atoms with van der Waals surface area (Å²) in [6, 6.07) is 10.2. The van der Waals surface area contributed by atoms with Crippen LogP contribution in [0, 0.1) is 35.0 Å². The van der Waals surface area contributed by atoms with Crippen LogP contribution in [0.2, 0.25) is 0 Å². The van der Waals surface area contributed by atoms with Crippen molar-refractivity contribution in [2.75, 3.05) is 13.2 Å². The van der Waals surface area contributed by atoms with Gasteiger partial charge in [-0.2, -0.15) is 0 Å². The zero-order chi connectivity index (χ0) is 25.5. The fourth-order valence-corrected chi connectivity index (χ4v) is 8.67. The molecule has 5 aliphatic rings. The largest absolute Gasteiger partial charge is 0.463 e. The highest BCUT2D eigenvalue weighted by atomic mass is 16.7. The van der Waals surface area contributed by atoms with Gasteiger partial charge in [0.05, 0.1) is 12.5 Å². The lowest BCUT2D eigenvalue weighted by atomic mass is 9.41. The van der Waals surface area contributed by atoms with Crippen molar-refractivity contribution >= 4 is 5.97 Å². The molecule has 3 heterocycles. The lowest BCUT2D eigenvalue weighted by Gasteiger charge is -2.64. The van der Waals surface area contributed by atoms with Gasteiger partial charge >= 0.3 is 5.97 Å². The van der Waals surface area contributed by atoms with Crippen molar-refractivity contribution in [3.63, 3.8) is 0 Å². The lowest BCUT2D eigenvalue weighted by molar-refractivity contribution is -0.328. The Balaban J connectivity index is 1.50. The number of cyclic esters (lactones) is 1. The molecule has 3 aliphatic heterocycles. The van der Waals surface area contributed by atoms with Crippen LogP contribution in [0.15, 0.2) is 53.6 Å². The number of hydrogen-bond acceptors (Lipinski definition) is 5. The Kier molecular flexibility index (Phi) is 5.44. The Morgan fingerprint density at radius 3 is 2.72 bits per heavy atom. The fourth-order valence-electron chi connectivity index (χ4n) is 8.67. The highest BCUT2D eigenvalue weighted by Gasteiger charge is 2.91. The van der Waals surface area contributed by atoms with Crippen LogP contribution in [0.25, 0.3) is 0 Å². The zero-order valence-corrected chi connectivity index (χ0v) is 22.3. The van der Waals surface area contributed by atoms with Crippen molar-refractivity contribution in [2.24, 2.45) is 35.0 Å². The molecular weight excluding hydrogens is 452 g/mol. The Hall–Kier alpha value is -1.95. The molecule has 1 saturated carbocycles. The molecule has 5 nitrogen and oxygen atoms in total. The smallest absolute Gasteiger partial charge is 0.344 e. The second kappa shape index (κ2) is 8.02. The molecule has 6 rings (SSSR count). The summed E-state index contributed by atoms with van der Waals surface area (Å²) in [5, 5.41) is 12.6. The molecule has 36 heavy (non-hydrogen) atoms. The molecule has 1 N–H and O–H groups in total. The van der Waals surface area contributed by atoms with E-state index in [9.17, 15) is 9.90 Å². The van der Waals surface area contributed by atoms with E-state index in [4.69, 9.17) is 14.2 Å². The number of benzene rings is 1. The molecule has 0 amide bonds. The maximum absolute atomic E-state index is 13.6. The van der Waals surface area contributed by atoms with Crippen molar-refractivity contribution in [1.29, 1.82) is 0 Å². The minimum atomic E-state index is -1.72. The second-order valence-corrected chi connectivity index (χ2v) is 12.6. The van der Waals surface area contributed by atoms with E-state index in [1.807, 2.05) is 25.1 Å². The quantitative estimate of drug-likeness (QED) is 0.432. The van der Waals surface area contributed by atoms with E-state index in [1.54, 1.807) is 0 Å². The molecular formula is C31H40O5.